The second-order valence-electron chi connectivity index (χ2n) is 7.03. The lowest BCUT2D eigenvalue weighted by Crippen LogP contribution is -2.27. The summed E-state index contributed by atoms with van der Waals surface area (Å²) >= 11 is 0. The predicted molar refractivity (Wildman–Crippen MR) is 99.4 cm³/mol. The minimum atomic E-state index is 0.0539. The van der Waals surface area contributed by atoms with Gasteiger partial charge in [-0.15, -0.1) is 0 Å². The molecule has 0 saturated carbocycles. The Kier molecular flexibility index (Phi) is 4.28. The zero-order chi connectivity index (χ0) is 18.3. The van der Waals surface area contributed by atoms with Crippen molar-refractivity contribution in [1.29, 1.82) is 0 Å². The van der Waals surface area contributed by atoms with Crippen molar-refractivity contribution >= 4 is 0 Å². The van der Waals surface area contributed by atoms with E-state index in [1.54, 1.807) is 4.68 Å². The fourth-order valence-corrected chi connectivity index (χ4v) is 3.90. The predicted octanol–water partition coefficient (Wildman–Crippen LogP) is 3.12. The van der Waals surface area contributed by atoms with Crippen LogP contribution in [0.3, 0.4) is 0 Å². The molecule has 0 spiro atoms. The Morgan fingerprint density at radius 3 is 2.69 bits per heavy atom. The Bertz CT molecular complexity index is 968. The molecular weight excluding hydrogens is 328 g/mol. The molecular formula is C20H24N4O2. The second-order valence-corrected chi connectivity index (χ2v) is 7.03. The molecule has 0 unspecified atom stereocenters. The van der Waals surface area contributed by atoms with E-state index in [2.05, 4.69) is 10.1 Å². The number of benzene rings is 1. The number of nitrogens with zero attached hydrogens (tertiary/aromatic N) is 4. The topological polar surface area (TPSA) is 56.2 Å². The van der Waals surface area contributed by atoms with Gasteiger partial charge in [-0.25, -0.2) is 4.68 Å². The summed E-state index contributed by atoms with van der Waals surface area (Å²) in [6.45, 7) is 5.53. The molecule has 26 heavy (non-hydrogen) atoms. The number of aryl methyl sites for hydroxylation is 1. The van der Waals surface area contributed by atoms with Gasteiger partial charge >= 0.3 is 0 Å². The van der Waals surface area contributed by atoms with Crippen LogP contribution in [0.2, 0.25) is 0 Å². The van der Waals surface area contributed by atoms with Crippen molar-refractivity contribution in [3.8, 4) is 5.69 Å². The van der Waals surface area contributed by atoms with Gasteiger partial charge in [-0.2, -0.15) is 0 Å². The molecule has 1 aromatic carbocycles. The molecule has 0 bridgehead atoms. The van der Waals surface area contributed by atoms with E-state index in [4.69, 9.17) is 4.52 Å². The lowest BCUT2D eigenvalue weighted by Gasteiger charge is -2.22. The molecule has 0 amide bonds. The third-order valence-electron chi connectivity index (χ3n) is 5.39. The standard InChI is InChI=1S/C20H24N4O2/c1-14-12-18(21-26-14)19-10-7-11-23(19)13-17-15(2)22(3)24(20(17)25)16-8-5-4-6-9-16/h4-6,8-9,12,19H,7,10-11,13H2,1-3H3/t19-/m1/s1. The zero-order valence-electron chi connectivity index (χ0n) is 15.5. The molecule has 1 aliphatic rings. The smallest absolute Gasteiger partial charge is 0.276 e. The first-order valence-electron chi connectivity index (χ1n) is 9.06. The van der Waals surface area contributed by atoms with E-state index >= 15 is 0 Å². The quantitative estimate of drug-likeness (QED) is 0.724. The molecule has 0 aliphatic carbocycles. The summed E-state index contributed by atoms with van der Waals surface area (Å²) in [5.74, 6) is 0.828. The summed E-state index contributed by atoms with van der Waals surface area (Å²) in [6, 6.07) is 12.0. The Morgan fingerprint density at radius 2 is 2.00 bits per heavy atom. The van der Waals surface area contributed by atoms with Crippen molar-refractivity contribution in [1.82, 2.24) is 19.4 Å². The number of rotatable bonds is 4. The SMILES string of the molecule is Cc1cc([C@H]2CCCN2Cc2c(C)n(C)n(-c3ccccc3)c2=O)no1. The van der Waals surface area contributed by atoms with Crippen LogP contribution in [-0.4, -0.2) is 26.0 Å². The molecule has 6 nitrogen and oxygen atoms in total. The molecule has 4 rings (SSSR count). The molecule has 1 saturated heterocycles. The van der Waals surface area contributed by atoms with Crippen LogP contribution in [0.5, 0.6) is 0 Å². The molecule has 1 aliphatic heterocycles. The van der Waals surface area contributed by atoms with Gasteiger partial charge in [0.1, 0.15) is 11.5 Å². The van der Waals surface area contributed by atoms with E-state index in [1.807, 2.05) is 62.0 Å². The number of hydrogen-bond donors (Lipinski definition) is 0. The van der Waals surface area contributed by atoms with Crippen molar-refractivity contribution in [3.63, 3.8) is 0 Å². The maximum absolute atomic E-state index is 13.1. The summed E-state index contributed by atoms with van der Waals surface area (Å²) in [7, 11) is 1.94. The molecule has 136 valence electrons. The van der Waals surface area contributed by atoms with Gasteiger partial charge in [0.25, 0.3) is 5.56 Å². The molecule has 0 N–H and O–H groups in total. The van der Waals surface area contributed by atoms with E-state index in [0.717, 1.165) is 47.8 Å². The van der Waals surface area contributed by atoms with Crippen LogP contribution >= 0.6 is 0 Å². The van der Waals surface area contributed by atoms with Gasteiger partial charge in [0.05, 0.1) is 17.3 Å². The number of hydrogen-bond acceptors (Lipinski definition) is 4. The Hall–Kier alpha value is -2.60. The molecule has 3 heterocycles. The lowest BCUT2D eigenvalue weighted by molar-refractivity contribution is 0.235. The van der Waals surface area contributed by atoms with E-state index in [0.29, 0.717) is 6.54 Å². The van der Waals surface area contributed by atoms with Crippen LogP contribution in [-0.2, 0) is 13.6 Å². The monoisotopic (exact) mass is 352 g/mol. The van der Waals surface area contributed by atoms with Crippen LogP contribution < -0.4 is 5.56 Å². The zero-order valence-corrected chi connectivity index (χ0v) is 15.5. The fraction of sp³-hybridized carbons (Fsp3) is 0.400. The number of likely N-dealkylation sites (tertiary alicyclic amines) is 1. The highest BCUT2D eigenvalue weighted by molar-refractivity contribution is 5.33. The summed E-state index contributed by atoms with van der Waals surface area (Å²) in [4.78, 5) is 15.5. The summed E-state index contributed by atoms with van der Waals surface area (Å²) < 4.78 is 8.95. The number of aromatic nitrogens is 3. The third-order valence-corrected chi connectivity index (χ3v) is 5.39. The van der Waals surface area contributed by atoms with E-state index in [-0.39, 0.29) is 11.6 Å². The molecule has 3 aromatic rings. The molecule has 2 aromatic heterocycles. The summed E-state index contributed by atoms with van der Waals surface area (Å²) in [6.07, 6.45) is 2.15. The van der Waals surface area contributed by atoms with E-state index < -0.39 is 0 Å². The average molecular weight is 352 g/mol. The molecule has 1 atom stereocenters. The lowest BCUT2D eigenvalue weighted by atomic mass is 10.1. The maximum Gasteiger partial charge on any atom is 0.276 e. The van der Waals surface area contributed by atoms with Crippen LogP contribution in [0, 0.1) is 13.8 Å². The van der Waals surface area contributed by atoms with Gasteiger partial charge in [0.15, 0.2) is 0 Å². The van der Waals surface area contributed by atoms with Gasteiger partial charge in [-0.3, -0.25) is 14.4 Å². The maximum atomic E-state index is 13.1. The van der Waals surface area contributed by atoms with E-state index in [1.165, 1.54) is 0 Å². The first-order valence-corrected chi connectivity index (χ1v) is 9.06. The molecule has 1 fully saturated rings. The average Bonchev–Trinajstić information content (AvgIpc) is 3.32. The van der Waals surface area contributed by atoms with Crippen molar-refractivity contribution in [2.75, 3.05) is 6.54 Å². The second kappa shape index (κ2) is 6.61. The van der Waals surface area contributed by atoms with Gasteiger partial charge in [0, 0.05) is 25.4 Å². The largest absolute Gasteiger partial charge is 0.361 e. The first kappa shape index (κ1) is 16.8. The summed E-state index contributed by atoms with van der Waals surface area (Å²) in [5, 5.41) is 4.20. The van der Waals surface area contributed by atoms with Crippen molar-refractivity contribution < 1.29 is 4.52 Å². The third kappa shape index (κ3) is 2.80. The normalized spacial score (nSPS) is 17.9. The van der Waals surface area contributed by atoms with Gasteiger partial charge in [-0.05, 0) is 45.4 Å². The number of para-hydroxylation sites is 1. The first-order chi connectivity index (χ1) is 12.6. The minimum Gasteiger partial charge on any atom is -0.361 e. The van der Waals surface area contributed by atoms with E-state index in [9.17, 15) is 4.79 Å². The fourth-order valence-electron chi connectivity index (χ4n) is 3.90. The summed E-state index contributed by atoms with van der Waals surface area (Å²) in [5.41, 5.74) is 3.76. The van der Waals surface area contributed by atoms with Gasteiger partial charge in [0.2, 0.25) is 0 Å². The Balaban J connectivity index is 1.68. The Labute approximate surface area is 152 Å². The van der Waals surface area contributed by atoms with Crippen LogP contribution in [0.1, 0.15) is 41.6 Å². The van der Waals surface area contributed by atoms with Gasteiger partial charge in [-0.1, -0.05) is 23.4 Å². The highest BCUT2D eigenvalue weighted by atomic mass is 16.5. The van der Waals surface area contributed by atoms with Gasteiger partial charge < -0.3 is 4.52 Å². The highest BCUT2D eigenvalue weighted by Crippen LogP contribution is 2.32. The van der Waals surface area contributed by atoms with Crippen molar-refractivity contribution in [2.45, 2.75) is 39.3 Å². The van der Waals surface area contributed by atoms with Crippen molar-refractivity contribution in [2.24, 2.45) is 7.05 Å². The van der Waals surface area contributed by atoms with Crippen LogP contribution in [0.4, 0.5) is 0 Å². The van der Waals surface area contributed by atoms with Crippen LogP contribution in [0.15, 0.2) is 45.7 Å². The Morgan fingerprint density at radius 1 is 1.23 bits per heavy atom. The highest BCUT2D eigenvalue weighted by Gasteiger charge is 2.30. The molecule has 6 heteroatoms. The molecule has 0 radical (unpaired) electrons. The minimum absolute atomic E-state index is 0.0539. The van der Waals surface area contributed by atoms with Crippen molar-refractivity contribution in [3.05, 3.63) is 69.5 Å². The van der Waals surface area contributed by atoms with Crippen LogP contribution in [0.25, 0.3) is 5.69 Å².